The predicted octanol–water partition coefficient (Wildman–Crippen LogP) is 3.57. The molecule has 7 heteroatoms. The van der Waals surface area contributed by atoms with Crippen LogP contribution in [0, 0.1) is 16.7 Å². The quantitative estimate of drug-likeness (QED) is 0.796. The molecule has 1 heterocycles. The summed E-state index contributed by atoms with van der Waals surface area (Å²) in [6.07, 6.45) is -2.77. The van der Waals surface area contributed by atoms with E-state index in [2.05, 4.69) is 5.43 Å². The van der Waals surface area contributed by atoms with Crippen molar-refractivity contribution in [1.29, 1.82) is 5.26 Å². The highest BCUT2D eigenvalue weighted by molar-refractivity contribution is 5.83. The second-order valence-electron chi connectivity index (χ2n) is 7.06. The minimum Gasteiger partial charge on any atom is -0.288 e. The summed E-state index contributed by atoms with van der Waals surface area (Å²) >= 11 is 0. The second kappa shape index (κ2) is 7.44. The summed E-state index contributed by atoms with van der Waals surface area (Å²) < 4.78 is 40.1. The van der Waals surface area contributed by atoms with Gasteiger partial charge in [-0.2, -0.15) is 18.4 Å². The van der Waals surface area contributed by atoms with Crippen LogP contribution >= 0.6 is 0 Å². The first kappa shape index (κ1) is 19.3. The van der Waals surface area contributed by atoms with Crippen molar-refractivity contribution in [2.24, 2.45) is 5.41 Å². The SMILES string of the molecule is CC1(C)CN(C(CCCCc2ccc(C#N)cc2)C(F)(F)F)NC1=O. The van der Waals surface area contributed by atoms with Crippen LogP contribution in [-0.2, 0) is 11.2 Å². The summed E-state index contributed by atoms with van der Waals surface area (Å²) in [4.78, 5) is 11.8. The van der Waals surface area contributed by atoms with E-state index in [9.17, 15) is 18.0 Å². The Hall–Kier alpha value is -2.07. The Kier molecular flexibility index (Phi) is 5.73. The molecule has 1 aliphatic heterocycles. The molecule has 0 aliphatic carbocycles. The molecule has 1 aliphatic rings. The molecule has 1 amide bonds. The van der Waals surface area contributed by atoms with Gasteiger partial charge in [-0.05, 0) is 50.8 Å². The van der Waals surface area contributed by atoms with Crippen LogP contribution in [0.2, 0.25) is 0 Å². The van der Waals surface area contributed by atoms with Crippen molar-refractivity contribution >= 4 is 5.91 Å². The van der Waals surface area contributed by atoms with E-state index < -0.39 is 17.6 Å². The number of carbonyl (C=O) groups excluding carboxylic acids is 1. The predicted molar refractivity (Wildman–Crippen MR) is 87.2 cm³/mol. The Morgan fingerprint density at radius 1 is 1.28 bits per heavy atom. The standard InChI is InChI=1S/C18H22F3N3O/c1-17(2)12-24(23-16(17)25)15(18(19,20)21)6-4-3-5-13-7-9-14(11-22)10-8-13/h7-10,15H,3-6,12H2,1-2H3,(H,23,25). The summed E-state index contributed by atoms with van der Waals surface area (Å²) in [6.45, 7) is 3.33. The van der Waals surface area contributed by atoms with Gasteiger partial charge in [-0.25, -0.2) is 5.01 Å². The molecule has 1 N–H and O–H groups in total. The summed E-state index contributed by atoms with van der Waals surface area (Å²) in [7, 11) is 0. The van der Waals surface area contributed by atoms with Crippen LogP contribution in [0.25, 0.3) is 0 Å². The molecule has 25 heavy (non-hydrogen) atoms. The average Bonchev–Trinajstić information content (AvgIpc) is 2.79. The normalized spacial score (nSPS) is 18.6. The van der Waals surface area contributed by atoms with Gasteiger partial charge in [0.25, 0.3) is 0 Å². The molecule has 0 saturated carbocycles. The molecule has 0 bridgehead atoms. The molecule has 1 saturated heterocycles. The number of nitriles is 1. The molecule has 4 nitrogen and oxygen atoms in total. The van der Waals surface area contributed by atoms with Gasteiger partial charge in [0, 0.05) is 6.54 Å². The fraction of sp³-hybridized carbons (Fsp3) is 0.556. The first-order valence-corrected chi connectivity index (χ1v) is 8.27. The number of amides is 1. The van der Waals surface area contributed by atoms with Crippen LogP contribution < -0.4 is 5.43 Å². The second-order valence-corrected chi connectivity index (χ2v) is 7.06. The number of aryl methyl sites for hydroxylation is 1. The molecular weight excluding hydrogens is 331 g/mol. The smallest absolute Gasteiger partial charge is 0.288 e. The highest BCUT2D eigenvalue weighted by Gasteiger charge is 2.49. The summed E-state index contributed by atoms with van der Waals surface area (Å²) in [6, 6.07) is 7.41. The third-order valence-corrected chi connectivity index (χ3v) is 4.46. The van der Waals surface area contributed by atoms with E-state index >= 15 is 0 Å². The lowest BCUT2D eigenvalue weighted by Gasteiger charge is -2.29. The zero-order chi connectivity index (χ0) is 18.7. The third-order valence-electron chi connectivity index (χ3n) is 4.46. The van der Waals surface area contributed by atoms with Crippen molar-refractivity contribution in [3.8, 4) is 6.07 Å². The number of hydrogen-bond donors (Lipinski definition) is 1. The lowest BCUT2D eigenvalue weighted by atomic mass is 9.94. The van der Waals surface area contributed by atoms with Gasteiger partial charge in [0.2, 0.25) is 5.91 Å². The van der Waals surface area contributed by atoms with Gasteiger partial charge in [0.05, 0.1) is 17.0 Å². The van der Waals surface area contributed by atoms with Gasteiger partial charge in [-0.3, -0.25) is 10.2 Å². The lowest BCUT2D eigenvalue weighted by Crippen LogP contribution is -2.49. The van der Waals surface area contributed by atoms with Crippen molar-refractivity contribution in [2.75, 3.05) is 6.54 Å². The van der Waals surface area contributed by atoms with Gasteiger partial charge < -0.3 is 0 Å². The zero-order valence-electron chi connectivity index (χ0n) is 14.4. The fourth-order valence-electron chi connectivity index (χ4n) is 2.92. The molecule has 2 rings (SSSR count). The Morgan fingerprint density at radius 3 is 2.40 bits per heavy atom. The number of nitrogens with one attached hydrogen (secondary N) is 1. The van der Waals surface area contributed by atoms with Crippen molar-refractivity contribution in [3.63, 3.8) is 0 Å². The number of nitrogens with zero attached hydrogens (tertiary/aromatic N) is 2. The zero-order valence-corrected chi connectivity index (χ0v) is 14.4. The number of rotatable bonds is 6. The summed E-state index contributed by atoms with van der Waals surface area (Å²) in [5.41, 5.74) is 3.11. The number of alkyl halides is 3. The maximum atomic E-state index is 13.4. The van der Waals surface area contributed by atoms with Crippen LogP contribution in [0.15, 0.2) is 24.3 Å². The molecule has 136 valence electrons. The molecule has 1 aromatic carbocycles. The van der Waals surface area contributed by atoms with Crippen molar-refractivity contribution in [3.05, 3.63) is 35.4 Å². The maximum absolute atomic E-state index is 13.4. The van der Waals surface area contributed by atoms with E-state index in [1.165, 1.54) is 0 Å². The van der Waals surface area contributed by atoms with E-state index in [0.29, 0.717) is 24.8 Å². The molecule has 1 aromatic rings. The summed E-state index contributed by atoms with van der Waals surface area (Å²) in [5, 5.41) is 9.78. The molecule has 1 fully saturated rings. The Bertz CT molecular complexity index is 647. The third kappa shape index (κ3) is 4.95. The molecule has 1 unspecified atom stereocenters. The van der Waals surface area contributed by atoms with Crippen LogP contribution in [-0.4, -0.2) is 29.7 Å². The van der Waals surface area contributed by atoms with Crippen LogP contribution in [0.4, 0.5) is 13.2 Å². The monoisotopic (exact) mass is 353 g/mol. The Morgan fingerprint density at radius 2 is 1.92 bits per heavy atom. The van der Waals surface area contributed by atoms with Gasteiger partial charge >= 0.3 is 6.18 Å². The van der Waals surface area contributed by atoms with Crippen LogP contribution in [0.1, 0.15) is 44.2 Å². The Labute approximate surface area is 145 Å². The van der Waals surface area contributed by atoms with Gasteiger partial charge in [-0.1, -0.05) is 18.6 Å². The molecule has 0 aromatic heterocycles. The summed E-state index contributed by atoms with van der Waals surface area (Å²) in [5.74, 6) is -0.376. The first-order chi connectivity index (χ1) is 11.6. The highest BCUT2D eigenvalue weighted by atomic mass is 19.4. The fourth-order valence-corrected chi connectivity index (χ4v) is 2.92. The first-order valence-electron chi connectivity index (χ1n) is 8.27. The topological polar surface area (TPSA) is 56.1 Å². The van der Waals surface area contributed by atoms with E-state index in [1.807, 2.05) is 18.2 Å². The molecule has 0 radical (unpaired) electrons. The highest BCUT2D eigenvalue weighted by Crippen LogP contribution is 2.33. The lowest BCUT2D eigenvalue weighted by molar-refractivity contribution is -0.190. The van der Waals surface area contributed by atoms with Crippen molar-refractivity contribution in [2.45, 2.75) is 51.7 Å². The number of carbonyl (C=O) groups is 1. The number of hydrazine groups is 1. The van der Waals surface area contributed by atoms with Gasteiger partial charge in [-0.15, -0.1) is 0 Å². The van der Waals surface area contributed by atoms with E-state index in [4.69, 9.17) is 5.26 Å². The Balaban J connectivity index is 1.88. The molecular formula is C18H22F3N3O. The maximum Gasteiger partial charge on any atom is 0.405 e. The number of benzene rings is 1. The number of halogens is 3. The van der Waals surface area contributed by atoms with Gasteiger partial charge in [0.15, 0.2) is 0 Å². The minimum atomic E-state index is -4.39. The van der Waals surface area contributed by atoms with Crippen LogP contribution in [0.5, 0.6) is 0 Å². The number of hydrogen-bond acceptors (Lipinski definition) is 3. The van der Waals surface area contributed by atoms with Crippen molar-refractivity contribution in [1.82, 2.24) is 10.4 Å². The van der Waals surface area contributed by atoms with E-state index in [1.54, 1.807) is 26.0 Å². The minimum absolute atomic E-state index is 0.0473. The van der Waals surface area contributed by atoms with Crippen LogP contribution in [0.3, 0.4) is 0 Å². The van der Waals surface area contributed by atoms with Gasteiger partial charge in [0.1, 0.15) is 6.04 Å². The largest absolute Gasteiger partial charge is 0.405 e. The van der Waals surface area contributed by atoms with E-state index in [0.717, 1.165) is 10.6 Å². The van der Waals surface area contributed by atoms with Crippen molar-refractivity contribution < 1.29 is 18.0 Å². The number of unbranched alkanes of at least 4 members (excludes halogenated alkanes) is 1. The average molecular weight is 353 g/mol. The molecule has 0 spiro atoms. The van der Waals surface area contributed by atoms with E-state index in [-0.39, 0.29) is 18.9 Å². The molecule has 1 atom stereocenters.